The van der Waals surface area contributed by atoms with E-state index in [1.807, 2.05) is 0 Å². The molecule has 0 saturated carbocycles. The number of hydrogen-bond donors (Lipinski definition) is 3. The second kappa shape index (κ2) is 6.41. The third-order valence-electron chi connectivity index (χ3n) is 1.73. The van der Waals surface area contributed by atoms with Crippen molar-refractivity contribution in [2.45, 2.75) is 11.1 Å². The van der Waals surface area contributed by atoms with Crippen LogP contribution in [0.3, 0.4) is 0 Å². The summed E-state index contributed by atoms with van der Waals surface area (Å²) in [6.45, 7) is -0.281. The molecule has 0 radical (unpaired) electrons. The van der Waals surface area contributed by atoms with Gasteiger partial charge in [-0.2, -0.15) is 0 Å². The van der Waals surface area contributed by atoms with Crippen LogP contribution >= 0.6 is 11.8 Å². The maximum Gasteiger partial charge on any atom is 0.271 e. The SMILES string of the molecule is CNC(=O)c1ccc(SCC(O)CO)nn1. The molecule has 7 heteroatoms. The topological polar surface area (TPSA) is 95.3 Å². The first-order valence-corrected chi connectivity index (χ1v) is 5.63. The van der Waals surface area contributed by atoms with Gasteiger partial charge >= 0.3 is 0 Å². The predicted octanol–water partition coefficient (Wildman–Crippen LogP) is -0.719. The summed E-state index contributed by atoms with van der Waals surface area (Å²) in [6, 6.07) is 3.20. The number of hydrogen-bond acceptors (Lipinski definition) is 6. The molecule has 16 heavy (non-hydrogen) atoms. The third kappa shape index (κ3) is 3.76. The highest BCUT2D eigenvalue weighted by atomic mass is 32.2. The van der Waals surface area contributed by atoms with Gasteiger partial charge in [-0.25, -0.2) is 0 Å². The molecular formula is C9H13N3O3S. The van der Waals surface area contributed by atoms with Crippen LogP contribution in [0.5, 0.6) is 0 Å². The minimum atomic E-state index is -0.773. The zero-order valence-corrected chi connectivity index (χ0v) is 9.57. The van der Waals surface area contributed by atoms with Crippen molar-refractivity contribution in [1.29, 1.82) is 0 Å². The van der Waals surface area contributed by atoms with Crippen molar-refractivity contribution in [3.05, 3.63) is 17.8 Å². The Hall–Kier alpha value is -1.18. The molecule has 1 amide bonds. The van der Waals surface area contributed by atoms with Gasteiger partial charge in [-0.15, -0.1) is 22.0 Å². The van der Waals surface area contributed by atoms with E-state index in [0.29, 0.717) is 10.8 Å². The summed E-state index contributed by atoms with van der Waals surface area (Å²) in [7, 11) is 1.52. The lowest BCUT2D eigenvalue weighted by Gasteiger charge is -2.05. The van der Waals surface area contributed by atoms with E-state index in [0.717, 1.165) is 0 Å². The minimum absolute atomic E-state index is 0.245. The molecule has 0 aliphatic carbocycles. The van der Waals surface area contributed by atoms with E-state index in [2.05, 4.69) is 15.5 Å². The molecule has 88 valence electrons. The van der Waals surface area contributed by atoms with Gasteiger partial charge in [0.25, 0.3) is 5.91 Å². The number of aliphatic hydroxyl groups is 2. The maximum absolute atomic E-state index is 11.1. The van der Waals surface area contributed by atoms with Crippen LogP contribution in [0, 0.1) is 0 Å². The van der Waals surface area contributed by atoms with Crippen LogP contribution in [0.15, 0.2) is 17.2 Å². The number of amides is 1. The molecule has 0 bridgehead atoms. The van der Waals surface area contributed by atoms with Gasteiger partial charge in [-0.05, 0) is 12.1 Å². The quantitative estimate of drug-likeness (QED) is 0.591. The van der Waals surface area contributed by atoms with Gasteiger partial charge in [0.2, 0.25) is 0 Å². The zero-order chi connectivity index (χ0) is 12.0. The van der Waals surface area contributed by atoms with Gasteiger partial charge < -0.3 is 15.5 Å². The summed E-state index contributed by atoms with van der Waals surface area (Å²) in [5.41, 5.74) is 0.245. The van der Waals surface area contributed by atoms with E-state index in [9.17, 15) is 4.79 Å². The van der Waals surface area contributed by atoms with Gasteiger partial charge in [-0.1, -0.05) is 0 Å². The number of carbonyl (C=O) groups is 1. The number of aromatic nitrogens is 2. The average molecular weight is 243 g/mol. The van der Waals surface area contributed by atoms with Crippen LogP contribution in [0.25, 0.3) is 0 Å². The van der Waals surface area contributed by atoms with Crippen LogP contribution in [-0.2, 0) is 0 Å². The second-order valence-electron chi connectivity index (χ2n) is 2.98. The van der Waals surface area contributed by atoms with Crippen molar-refractivity contribution >= 4 is 17.7 Å². The number of rotatable bonds is 5. The van der Waals surface area contributed by atoms with Crippen molar-refractivity contribution in [2.24, 2.45) is 0 Å². The van der Waals surface area contributed by atoms with Crippen LogP contribution < -0.4 is 5.32 Å². The summed E-state index contributed by atoms with van der Waals surface area (Å²) in [5.74, 6) is 0.0456. The Bertz CT molecular complexity index is 344. The first-order chi connectivity index (χ1) is 7.67. The fourth-order valence-corrected chi connectivity index (χ4v) is 1.61. The molecule has 1 aromatic rings. The number of aliphatic hydroxyl groups excluding tert-OH is 2. The summed E-state index contributed by atoms with van der Waals surface area (Å²) in [6.07, 6.45) is -0.773. The average Bonchev–Trinajstić information content (AvgIpc) is 2.35. The number of nitrogens with one attached hydrogen (secondary N) is 1. The first kappa shape index (κ1) is 12.9. The monoisotopic (exact) mass is 243 g/mol. The fourth-order valence-electron chi connectivity index (χ4n) is 0.880. The Morgan fingerprint density at radius 2 is 2.31 bits per heavy atom. The highest BCUT2D eigenvalue weighted by Crippen LogP contribution is 2.14. The lowest BCUT2D eigenvalue weighted by Crippen LogP contribution is -2.19. The van der Waals surface area contributed by atoms with Gasteiger partial charge in [-0.3, -0.25) is 4.79 Å². The molecule has 3 N–H and O–H groups in total. The molecular weight excluding hydrogens is 230 g/mol. The Kier molecular flexibility index (Phi) is 5.17. The second-order valence-corrected chi connectivity index (χ2v) is 4.02. The summed E-state index contributed by atoms with van der Waals surface area (Å²) >= 11 is 1.27. The van der Waals surface area contributed by atoms with Crippen molar-refractivity contribution in [3.63, 3.8) is 0 Å². The van der Waals surface area contributed by atoms with Gasteiger partial charge in [0.1, 0.15) is 5.03 Å². The van der Waals surface area contributed by atoms with E-state index in [1.54, 1.807) is 12.1 Å². The lowest BCUT2D eigenvalue weighted by atomic mass is 10.4. The van der Waals surface area contributed by atoms with Gasteiger partial charge in [0.05, 0.1) is 12.7 Å². The van der Waals surface area contributed by atoms with Crippen LogP contribution in [-0.4, -0.2) is 51.8 Å². The zero-order valence-electron chi connectivity index (χ0n) is 8.75. The molecule has 1 atom stereocenters. The molecule has 6 nitrogen and oxygen atoms in total. The largest absolute Gasteiger partial charge is 0.394 e. The molecule has 0 fully saturated rings. The summed E-state index contributed by atoms with van der Waals surface area (Å²) in [5, 5.41) is 28.3. The van der Waals surface area contributed by atoms with Crippen LogP contribution in [0.4, 0.5) is 0 Å². The fraction of sp³-hybridized carbons (Fsp3) is 0.444. The molecule has 0 saturated heterocycles. The Morgan fingerprint density at radius 3 is 2.81 bits per heavy atom. The number of thioether (sulfide) groups is 1. The molecule has 1 heterocycles. The minimum Gasteiger partial charge on any atom is -0.394 e. The van der Waals surface area contributed by atoms with Crippen molar-refractivity contribution < 1.29 is 15.0 Å². The van der Waals surface area contributed by atoms with Crippen LogP contribution in [0.1, 0.15) is 10.5 Å². The molecule has 1 rings (SSSR count). The standard InChI is InChI=1S/C9H13N3O3S/c1-10-9(15)7-2-3-8(12-11-7)16-5-6(14)4-13/h2-3,6,13-14H,4-5H2,1H3,(H,10,15). The van der Waals surface area contributed by atoms with Crippen molar-refractivity contribution in [2.75, 3.05) is 19.4 Å². The smallest absolute Gasteiger partial charge is 0.271 e. The predicted molar refractivity (Wildman–Crippen MR) is 59.2 cm³/mol. The van der Waals surface area contributed by atoms with E-state index in [-0.39, 0.29) is 18.2 Å². The van der Waals surface area contributed by atoms with Crippen molar-refractivity contribution in [1.82, 2.24) is 15.5 Å². The van der Waals surface area contributed by atoms with Crippen molar-refractivity contribution in [3.8, 4) is 0 Å². The van der Waals surface area contributed by atoms with Gasteiger partial charge in [0, 0.05) is 12.8 Å². The number of nitrogens with zero attached hydrogens (tertiary/aromatic N) is 2. The highest BCUT2D eigenvalue weighted by molar-refractivity contribution is 7.99. The van der Waals surface area contributed by atoms with Crippen LogP contribution in [0.2, 0.25) is 0 Å². The molecule has 0 aliphatic rings. The molecule has 0 aliphatic heterocycles. The Labute approximate surface area is 97.1 Å². The molecule has 1 aromatic heterocycles. The normalized spacial score (nSPS) is 12.2. The molecule has 0 aromatic carbocycles. The van der Waals surface area contributed by atoms with E-state index in [4.69, 9.17) is 10.2 Å². The molecule has 1 unspecified atom stereocenters. The maximum atomic E-state index is 11.1. The highest BCUT2D eigenvalue weighted by Gasteiger charge is 2.07. The molecule has 0 spiro atoms. The lowest BCUT2D eigenvalue weighted by molar-refractivity contribution is 0.0957. The number of carbonyl (C=O) groups excluding carboxylic acids is 1. The third-order valence-corrected chi connectivity index (χ3v) is 2.80. The van der Waals surface area contributed by atoms with E-state index < -0.39 is 6.10 Å². The first-order valence-electron chi connectivity index (χ1n) is 4.65. The summed E-state index contributed by atoms with van der Waals surface area (Å²) in [4.78, 5) is 11.1. The van der Waals surface area contributed by atoms with E-state index in [1.165, 1.54) is 18.8 Å². The summed E-state index contributed by atoms with van der Waals surface area (Å²) < 4.78 is 0. The van der Waals surface area contributed by atoms with Gasteiger partial charge in [0.15, 0.2) is 5.69 Å². The van der Waals surface area contributed by atoms with E-state index >= 15 is 0 Å². The Balaban J connectivity index is 2.54. The Morgan fingerprint density at radius 1 is 1.56 bits per heavy atom.